The van der Waals surface area contributed by atoms with E-state index in [9.17, 15) is 0 Å². The molecular weight excluding hydrogens is 252 g/mol. The van der Waals surface area contributed by atoms with Crippen LogP contribution in [0.15, 0.2) is 41.1 Å². The monoisotopic (exact) mass is 266 g/mol. The van der Waals surface area contributed by atoms with Crippen molar-refractivity contribution in [3.05, 3.63) is 42.4 Å². The van der Waals surface area contributed by atoms with Crippen molar-refractivity contribution in [3.8, 4) is 11.6 Å². The molecule has 1 saturated heterocycles. The van der Waals surface area contributed by atoms with Gasteiger partial charge in [-0.1, -0.05) is 29.4 Å². The Morgan fingerprint density at radius 2 is 2.15 bits per heavy atom. The van der Waals surface area contributed by atoms with Crippen LogP contribution in [-0.2, 0) is 0 Å². The fraction of sp³-hybridized carbons (Fsp3) is 0.267. The van der Waals surface area contributed by atoms with Gasteiger partial charge < -0.3 is 9.84 Å². The van der Waals surface area contributed by atoms with Crippen LogP contribution in [-0.4, -0.2) is 21.7 Å². The summed E-state index contributed by atoms with van der Waals surface area (Å²) in [4.78, 5) is 8.91. The average molecular weight is 266 g/mol. The lowest BCUT2D eigenvalue weighted by atomic mass is 10.1. The minimum absolute atomic E-state index is 0.211. The normalized spacial score (nSPS) is 18.7. The molecular formula is C15H14N4O. The van der Waals surface area contributed by atoms with Gasteiger partial charge >= 0.3 is 0 Å². The van der Waals surface area contributed by atoms with Crippen molar-refractivity contribution in [2.24, 2.45) is 0 Å². The van der Waals surface area contributed by atoms with Crippen LogP contribution in [0.5, 0.6) is 0 Å². The van der Waals surface area contributed by atoms with E-state index < -0.39 is 0 Å². The zero-order chi connectivity index (χ0) is 13.4. The fourth-order valence-electron chi connectivity index (χ4n) is 2.67. The van der Waals surface area contributed by atoms with Gasteiger partial charge in [0.2, 0.25) is 0 Å². The summed E-state index contributed by atoms with van der Waals surface area (Å²) in [5, 5.41) is 9.62. The van der Waals surface area contributed by atoms with Crippen LogP contribution in [0.2, 0.25) is 0 Å². The van der Waals surface area contributed by atoms with Crippen molar-refractivity contribution in [1.82, 2.24) is 20.4 Å². The van der Waals surface area contributed by atoms with E-state index in [0.29, 0.717) is 5.89 Å². The predicted octanol–water partition coefficient (Wildman–Crippen LogP) is 2.71. The molecule has 1 fully saturated rings. The smallest absolute Gasteiger partial charge is 0.277 e. The molecule has 5 heteroatoms. The van der Waals surface area contributed by atoms with Crippen LogP contribution in [0.4, 0.5) is 0 Å². The highest BCUT2D eigenvalue weighted by molar-refractivity contribution is 5.92. The largest absolute Gasteiger partial charge is 0.332 e. The summed E-state index contributed by atoms with van der Waals surface area (Å²) in [5.74, 6) is 1.22. The molecule has 0 saturated carbocycles. The molecule has 0 bridgehead atoms. The highest BCUT2D eigenvalue weighted by atomic mass is 16.5. The number of benzene rings is 1. The second-order valence-corrected chi connectivity index (χ2v) is 4.99. The number of pyridine rings is 1. The van der Waals surface area contributed by atoms with E-state index in [1.807, 2.05) is 24.3 Å². The minimum Gasteiger partial charge on any atom is -0.332 e. The van der Waals surface area contributed by atoms with E-state index in [0.717, 1.165) is 41.7 Å². The summed E-state index contributed by atoms with van der Waals surface area (Å²) in [6.07, 6.45) is 3.98. The second kappa shape index (κ2) is 4.68. The van der Waals surface area contributed by atoms with Gasteiger partial charge in [0, 0.05) is 11.6 Å². The summed E-state index contributed by atoms with van der Waals surface area (Å²) in [6.45, 7) is 1.01. The molecule has 0 spiro atoms. The van der Waals surface area contributed by atoms with Gasteiger partial charge in [-0.15, -0.1) is 0 Å². The van der Waals surface area contributed by atoms with Crippen molar-refractivity contribution < 1.29 is 4.52 Å². The van der Waals surface area contributed by atoms with E-state index in [1.165, 1.54) is 0 Å². The van der Waals surface area contributed by atoms with Gasteiger partial charge in [-0.3, -0.25) is 4.98 Å². The van der Waals surface area contributed by atoms with Crippen molar-refractivity contribution in [2.75, 3.05) is 6.54 Å². The van der Waals surface area contributed by atoms with Gasteiger partial charge in [-0.2, -0.15) is 4.98 Å². The number of hydrogen-bond donors (Lipinski definition) is 1. The van der Waals surface area contributed by atoms with Gasteiger partial charge in [0.15, 0.2) is 5.82 Å². The molecule has 1 unspecified atom stereocenters. The van der Waals surface area contributed by atoms with E-state index in [1.54, 1.807) is 6.20 Å². The highest BCUT2D eigenvalue weighted by Gasteiger charge is 2.22. The van der Waals surface area contributed by atoms with Crippen LogP contribution >= 0.6 is 0 Å². The summed E-state index contributed by atoms with van der Waals surface area (Å²) in [5.41, 5.74) is 0.750. The van der Waals surface area contributed by atoms with Gasteiger partial charge in [0.1, 0.15) is 5.69 Å². The Balaban J connectivity index is 1.79. The fourth-order valence-corrected chi connectivity index (χ4v) is 2.67. The summed E-state index contributed by atoms with van der Waals surface area (Å²) >= 11 is 0. The van der Waals surface area contributed by atoms with Gasteiger partial charge in [0.25, 0.3) is 5.89 Å². The third-order valence-corrected chi connectivity index (χ3v) is 3.69. The molecule has 1 aliphatic heterocycles. The van der Waals surface area contributed by atoms with Crippen LogP contribution in [0, 0.1) is 0 Å². The lowest BCUT2D eigenvalue weighted by Gasteiger charge is -2.02. The van der Waals surface area contributed by atoms with Crippen molar-refractivity contribution >= 4 is 10.8 Å². The Hall–Kier alpha value is -2.27. The number of rotatable bonds is 2. The molecule has 0 radical (unpaired) electrons. The molecule has 0 aliphatic carbocycles. The molecule has 1 aliphatic rings. The van der Waals surface area contributed by atoms with Gasteiger partial charge in [0.05, 0.1) is 6.04 Å². The number of nitrogens with one attached hydrogen (secondary N) is 1. The standard InChI is InChI=1S/C15H14N4O/c1-2-5-11-10(4-1)7-9-17-13(11)15-18-14(19-20-15)12-6-3-8-16-12/h1-2,4-5,7,9,12,16H,3,6,8H2. The number of aromatic nitrogens is 3. The second-order valence-electron chi connectivity index (χ2n) is 4.99. The quantitative estimate of drug-likeness (QED) is 0.772. The summed E-state index contributed by atoms with van der Waals surface area (Å²) in [7, 11) is 0. The first-order chi connectivity index (χ1) is 9.92. The lowest BCUT2D eigenvalue weighted by molar-refractivity contribution is 0.411. The third kappa shape index (κ3) is 1.87. The molecule has 5 nitrogen and oxygen atoms in total. The van der Waals surface area contributed by atoms with E-state index in [-0.39, 0.29) is 6.04 Å². The van der Waals surface area contributed by atoms with Crippen LogP contribution in [0.25, 0.3) is 22.4 Å². The SMILES string of the molecule is c1ccc2c(-c3nc(C4CCCN4)no3)nccc2c1. The molecule has 4 rings (SSSR count). The van der Waals surface area contributed by atoms with Crippen LogP contribution < -0.4 is 5.32 Å². The summed E-state index contributed by atoms with van der Waals surface area (Å²) < 4.78 is 5.41. The predicted molar refractivity (Wildman–Crippen MR) is 75.0 cm³/mol. The van der Waals surface area contributed by atoms with E-state index in [2.05, 4.69) is 26.5 Å². The first-order valence-corrected chi connectivity index (χ1v) is 6.83. The number of hydrogen-bond acceptors (Lipinski definition) is 5. The Kier molecular flexibility index (Phi) is 2.70. The highest BCUT2D eigenvalue weighted by Crippen LogP contribution is 2.27. The molecule has 3 heterocycles. The molecule has 1 N–H and O–H groups in total. The maximum atomic E-state index is 5.41. The van der Waals surface area contributed by atoms with Crippen LogP contribution in [0.3, 0.4) is 0 Å². The zero-order valence-electron chi connectivity index (χ0n) is 10.9. The Morgan fingerprint density at radius 1 is 1.20 bits per heavy atom. The van der Waals surface area contributed by atoms with Crippen LogP contribution in [0.1, 0.15) is 24.7 Å². The number of fused-ring (bicyclic) bond motifs is 1. The molecule has 1 atom stereocenters. The first-order valence-electron chi connectivity index (χ1n) is 6.83. The molecule has 3 aromatic rings. The van der Waals surface area contributed by atoms with Gasteiger partial charge in [-0.25, -0.2) is 0 Å². The maximum absolute atomic E-state index is 5.41. The first kappa shape index (κ1) is 11.5. The van der Waals surface area contributed by atoms with E-state index >= 15 is 0 Å². The molecule has 2 aromatic heterocycles. The average Bonchev–Trinajstić information content (AvgIpc) is 3.17. The topological polar surface area (TPSA) is 63.8 Å². The molecule has 100 valence electrons. The Bertz CT molecular complexity index is 741. The van der Waals surface area contributed by atoms with Crippen molar-refractivity contribution in [3.63, 3.8) is 0 Å². The maximum Gasteiger partial charge on any atom is 0.277 e. The molecule has 20 heavy (non-hydrogen) atoms. The molecule has 1 aromatic carbocycles. The number of nitrogens with zero attached hydrogens (tertiary/aromatic N) is 3. The van der Waals surface area contributed by atoms with Crippen molar-refractivity contribution in [2.45, 2.75) is 18.9 Å². The minimum atomic E-state index is 0.211. The molecule has 0 amide bonds. The van der Waals surface area contributed by atoms with E-state index in [4.69, 9.17) is 4.52 Å². The Labute approximate surface area is 116 Å². The van der Waals surface area contributed by atoms with Crippen molar-refractivity contribution in [1.29, 1.82) is 0 Å². The van der Waals surface area contributed by atoms with Gasteiger partial charge in [-0.05, 0) is 30.8 Å². The lowest BCUT2D eigenvalue weighted by Crippen LogP contribution is -2.14. The zero-order valence-corrected chi connectivity index (χ0v) is 10.9. The summed E-state index contributed by atoms with van der Waals surface area (Å²) in [6, 6.07) is 10.3. The third-order valence-electron chi connectivity index (χ3n) is 3.69. The Morgan fingerprint density at radius 3 is 3.05 bits per heavy atom.